The molecule has 3 N–H and O–H groups in total. The molecule has 1 fully saturated rings. The number of nitrogens with two attached hydrogens (primary N) is 1. The van der Waals surface area contributed by atoms with Crippen LogP contribution in [0, 0.1) is 15.5 Å². The third kappa shape index (κ3) is 2.79. The van der Waals surface area contributed by atoms with E-state index >= 15 is 0 Å². The first-order chi connectivity index (χ1) is 9.13. The van der Waals surface area contributed by atoms with Crippen molar-refractivity contribution in [2.75, 3.05) is 5.73 Å². The number of nitro groups is 1. The molecule has 7 nitrogen and oxygen atoms in total. The predicted octanol–water partition coefficient (Wildman–Crippen LogP) is 2.10. The van der Waals surface area contributed by atoms with Gasteiger partial charge in [0.05, 0.1) is 4.92 Å². The Bertz CT molecular complexity index is 636. The van der Waals surface area contributed by atoms with Gasteiger partial charge in [0, 0.05) is 12.1 Å². The molecule has 1 aliphatic carbocycles. The van der Waals surface area contributed by atoms with Crippen molar-refractivity contribution >= 4 is 32.0 Å². The summed E-state index contributed by atoms with van der Waals surface area (Å²) >= 11 is 0.719. The van der Waals surface area contributed by atoms with Crippen molar-refractivity contribution in [2.24, 2.45) is 5.41 Å². The van der Waals surface area contributed by atoms with E-state index in [2.05, 4.69) is 4.72 Å². The average molecular weight is 319 g/mol. The summed E-state index contributed by atoms with van der Waals surface area (Å²) in [5.41, 5.74) is 5.02. The van der Waals surface area contributed by atoms with Crippen LogP contribution in [-0.2, 0) is 10.0 Å². The maximum absolute atomic E-state index is 12.3. The van der Waals surface area contributed by atoms with E-state index in [1.54, 1.807) is 0 Å². The molecule has 0 amide bonds. The van der Waals surface area contributed by atoms with Crippen molar-refractivity contribution in [2.45, 2.75) is 43.4 Å². The lowest BCUT2D eigenvalue weighted by Gasteiger charge is -2.27. The number of hydrogen-bond donors (Lipinski definition) is 2. The standard InChI is InChI=1S/C11H17N3O4S2/c1-11(2)5-3-4-8(11)13-20(17,18)9-6-7(14(15)16)10(12)19-9/h6,8,13H,3-5,12H2,1-2H3. The van der Waals surface area contributed by atoms with Crippen molar-refractivity contribution in [3.05, 3.63) is 16.2 Å². The zero-order valence-corrected chi connectivity index (χ0v) is 12.9. The van der Waals surface area contributed by atoms with Gasteiger partial charge in [0.15, 0.2) is 5.00 Å². The van der Waals surface area contributed by atoms with Crippen LogP contribution in [0.1, 0.15) is 33.1 Å². The summed E-state index contributed by atoms with van der Waals surface area (Å²) in [6.45, 7) is 4.02. The van der Waals surface area contributed by atoms with Gasteiger partial charge in [-0.3, -0.25) is 10.1 Å². The van der Waals surface area contributed by atoms with Gasteiger partial charge in [-0.25, -0.2) is 13.1 Å². The predicted molar refractivity (Wildman–Crippen MR) is 77.1 cm³/mol. The molecule has 0 radical (unpaired) electrons. The molecule has 20 heavy (non-hydrogen) atoms. The van der Waals surface area contributed by atoms with E-state index in [0.29, 0.717) is 0 Å². The summed E-state index contributed by atoms with van der Waals surface area (Å²) in [5.74, 6) is 0. The third-order valence-electron chi connectivity index (χ3n) is 3.73. The van der Waals surface area contributed by atoms with Crippen LogP contribution < -0.4 is 10.5 Å². The number of anilines is 1. The van der Waals surface area contributed by atoms with Crippen LogP contribution in [0.5, 0.6) is 0 Å². The maximum Gasteiger partial charge on any atom is 0.304 e. The van der Waals surface area contributed by atoms with E-state index in [1.165, 1.54) is 0 Å². The van der Waals surface area contributed by atoms with E-state index in [0.717, 1.165) is 36.7 Å². The molecule has 1 unspecified atom stereocenters. The van der Waals surface area contributed by atoms with Gasteiger partial charge in [0.1, 0.15) is 4.21 Å². The van der Waals surface area contributed by atoms with E-state index in [-0.39, 0.29) is 26.4 Å². The van der Waals surface area contributed by atoms with Crippen LogP contribution in [-0.4, -0.2) is 19.4 Å². The Morgan fingerprint density at radius 1 is 1.55 bits per heavy atom. The van der Waals surface area contributed by atoms with Gasteiger partial charge in [-0.1, -0.05) is 31.6 Å². The minimum atomic E-state index is -3.77. The van der Waals surface area contributed by atoms with Gasteiger partial charge >= 0.3 is 5.69 Å². The lowest BCUT2D eigenvalue weighted by molar-refractivity contribution is -0.383. The van der Waals surface area contributed by atoms with Crippen LogP contribution in [0.25, 0.3) is 0 Å². The van der Waals surface area contributed by atoms with Gasteiger partial charge in [-0.15, -0.1) is 0 Å². The highest BCUT2D eigenvalue weighted by molar-refractivity contribution is 7.91. The molecule has 2 rings (SSSR count). The highest BCUT2D eigenvalue weighted by Crippen LogP contribution is 2.39. The maximum atomic E-state index is 12.3. The summed E-state index contributed by atoms with van der Waals surface area (Å²) in [5, 5.41) is 10.6. The zero-order chi connectivity index (χ0) is 15.1. The molecular formula is C11H17N3O4S2. The van der Waals surface area contributed by atoms with Crippen molar-refractivity contribution < 1.29 is 13.3 Å². The number of nitrogens with zero attached hydrogens (tertiary/aromatic N) is 1. The SMILES string of the molecule is CC1(C)CCCC1NS(=O)(=O)c1cc([N+](=O)[O-])c(N)s1. The van der Waals surface area contributed by atoms with Crippen LogP contribution in [0.3, 0.4) is 0 Å². The zero-order valence-electron chi connectivity index (χ0n) is 11.3. The molecule has 1 aromatic rings. The Morgan fingerprint density at radius 3 is 2.65 bits per heavy atom. The molecular weight excluding hydrogens is 302 g/mol. The first kappa shape index (κ1) is 15.2. The van der Waals surface area contributed by atoms with Gasteiger partial charge in [-0.05, 0) is 18.3 Å². The number of sulfonamides is 1. The third-order valence-corrected chi connectivity index (χ3v) is 6.63. The second-order valence-electron chi connectivity index (χ2n) is 5.63. The molecule has 1 aromatic heterocycles. The van der Waals surface area contributed by atoms with Crippen LogP contribution in [0.4, 0.5) is 10.7 Å². The van der Waals surface area contributed by atoms with Crippen molar-refractivity contribution in [1.82, 2.24) is 4.72 Å². The van der Waals surface area contributed by atoms with Gasteiger partial charge < -0.3 is 5.73 Å². The fourth-order valence-electron chi connectivity index (χ4n) is 2.44. The number of rotatable bonds is 4. The Hall–Kier alpha value is -1.19. The lowest BCUT2D eigenvalue weighted by atomic mass is 9.88. The molecule has 1 heterocycles. The van der Waals surface area contributed by atoms with E-state index < -0.39 is 14.9 Å². The van der Waals surface area contributed by atoms with E-state index in [9.17, 15) is 18.5 Å². The van der Waals surface area contributed by atoms with Gasteiger partial charge in [0.25, 0.3) is 10.0 Å². The molecule has 9 heteroatoms. The van der Waals surface area contributed by atoms with Gasteiger partial charge in [-0.2, -0.15) is 0 Å². The van der Waals surface area contributed by atoms with Gasteiger partial charge in [0.2, 0.25) is 0 Å². The topological polar surface area (TPSA) is 115 Å². The van der Waals surface area contributed by atoms with Crippen LogP contribution in [0.2, 0.25) is 0 Å². The highest BCUT2D eigenvalue weighted by atomic mass is 32.2. The summed E-state index contributed by atoms with van der Waals surface area (Å²) in [7, 11) is -3.77. The fourth-order valence-corrected chi connectivity index (χ4v) is 5.11. The number of nitrogens with one attached hydrogen (secondary N) is 1. The Balaban J connectivity index is 2.27. The quantitative estimate of drug-likeness (QED) is 0.651. The molecule has 1 aliphatic rings. The van der Waals surface area contributed by atoms with Crippen molar-refractivity contribution in [3.63, 3.8) is 0 Å². The molecule has 0 aromatic carbocycles. The largest absolute Gasteiger partial charge is 0.385 e. The van der Waals surface area contributed by atoms with E-state index in [1.807, 2.05) is 13.8 Å². The average Bonchev–Trinajstić information content (AvgIpc) is 2.83. The number of nitrogen functional groups attached to an aromatic ring is 1. The second-order valence-corrected chi connectivity index (χ2v) is 8.65. The summed E-state index contributed by atoms with van der Waals surface area (Å²) in [4.78, 5) is 10.1. The molecule has 1 atom stereocenters. The van der Waals surface area contributed by atoms with Crippen LogP contribution >= 0.6 is 11.3 Å². The molecule has 0 saturated heterocycles. The molecule has 1 saturated carbocycles. The Morgan fingerprint density at radius 2 is 2.20 bits per heavy atom. The highest BCUT2D eigenvalue weighted by Gasteiger charge is 2.38. The normalized spacial score (nSPS) is 22.0. The Kier molecular flexibility index (Phi) is 3.78. The molecule has 112 valence electrons. The number of thiophene rings is 1. The molecule has 0 bridgehead atoms. The Labute approximate surface area is 121 Å². The molecule has 0 aliphatic heterocycles. The molecule has 0 spiro atoms. The smallest absolute Gasteiger partial charge is 0.304 e. The van der Waals surface area contributed by atoms with Crippen molar-refractivity contribution in [1.29, 1.82) is 0 Å². The minimum absolute atomic E-state index is 0.0962. The van der Waals surface area contributed by atoms with E-state index in [4.69, 9.17) is 5.73 Å². The number of hydrogen-bond acceptors (Lipinski definition) is 6. The fraction of sp³-hybridized carbons (Fsp3) is 0.636. The second kappa shape index (κ2) is 4.97. The summed E-state index contributed by atoms with van der Waals surface area (Å²) in [6.07, 6.45) is 2.69. The lowest BCUT2D eigenvalue weighted by Crippen LogP contribution is -2.41. The minimum Gasteiger partial charge on any atom is -0.385 e. The van der Waals surface area contributed by atoms with Crippen LogP contribution in [0.15, 0.2) is 10.3 Å². The first-order valence-corrected chi connectivity index (χ1v) is 8.49. The first-order valence-electron chi connectivity index (χ1n) is 6.19. The van der Waals surface area contributed by atoms with Crippen molar-refractivity contribution in [3.8, 4) is 0 Å². The monoisotopic (exact) mass is 319 g/mol. The summed E-state index contributed by atoms with van der Waals surface area (Å²) in [6, 6.07) is 0.861. The summed E-state index contributed by atoms with van der Waals surface area (Å²) < 4.78 is 27.1.